The number of methoxy groups -OCH3 is 1. The van der Waals surface area contributed by atoms with Gasteiger partial charge in [0, 0.05) is 13.1 Å². The van der Waals surface area contributed by atoms with Crippen molar-refractivity contribution in [3.63, 3.8) is 0 Å². The summed E-state index contributed by atoms with van der Waals surface area (Å²) >= 11 is 0. The third-order valence-electron chi connectivity index (χ3n) is 4.93. The molecule has 1 N–H and O–H groups in total. The SMILES string of the molecule is COc1ccc(S(=O)(=O)N2CCOCC2)cc1NC(=O)Cn1c(=O)oc2ccccc21. The number of nitrogens with one attached hydrogen (secondary N) is 1. The van der Waals surface area contributed by atoms with E-state index in [0.717, 1.165) is 0 Å². The number of amides is 1. The molecule has 0 radical (unpaired) electrons. The standard InChI is InChI=1S/C20H21N3O7S/c1-28-17-7-6-14(31(26,27)22-8-10-29-11-9-22)12-15(17)21-19(24)13-23-16-4-2-3-5-18(16)30-20(23)25/h2-7,12H,8-11,13H2,1H3,(H,21,24). The van der Waals surface area contributed by atoms with Gasteiger partial charge in [0.1, 0.15) is 12.3 Å². The van der Waals surface area contributed by atoms with E-state index in [1.165, 1.54) is 34.2 Å². The fourth-order valence-electron chi connectivity index (χ4n) is 3.38. The topological polar surface area (TPSA) is 120 Å². The molecular weight excluding hydrogens is 426 g/mol. The van der Waals surface area contributed by atoms with Crippen LogP contribution in [0.4, 0.5) is 5.69 Å². The summed E-state index contributed by atoms with van der Waals surface area (Å²) in [6, 6.07) is 11.0. The highest BCUT2D eigenvalue weighted by atomic mass is 32.2. The number of rotatable bonds is 6. The predicted octanol–water partition coefficient (Wildman–Crippen LogP) is 1.26. The minimum absolute atomic E-state index is 0.0245. The molecule has 0 bridgehead atoms. The van der Waals surface area contributed by atoms with Crippen LogP contribution in [0.3, 0.4) is 0 Å². The van der Waals surface area contributed by atoms with Crippen molar-refractivity contribution in [2.75, 3.05) is 38.7 Å². The van der Waals surface area contributed by atoms with E-state index >= 15 is 0 Å². The molecule has 1 amide bonds. The Balaban J connectivity index is 1.60. The summed E-state index contributed by atoms with van der Waals surface area (Å²) in [6.45, 7) is 0.858. The first kappa shape index (κ1) is 21.1. The number of ether oxygens (including phenoxy) is 2. The van der Waals surface area contributed by atoms with Crippen molar-refractivity contribution in [3.8, 4) is 5.75 Å². The zero-order chi connectivity index (χ0) is 22.0. The second kappa shape index (κ2) is 8.53. The number of sulfonamides is 1. The minimum Gasteiger partial charge on any atom is -0.495 e. The van der Waals surface area contributed by atoms with E-state index in [9.17, 15) is 18.0 Å². The van der Waals surface area contributed by atoms with Crippen LogP contribution in [-0.4, -0.2) is 56.6 Å². The Kier molecular flexibility index (Phi) is 5.81. The number of carbonyl (C=O) groups is 1. The van der Waals surface area contributed by atoms with Crippen molar-refractivity contribution < 1.29 is 27.1 Å². The van der Waals surface area contributed by atoms with Gasteiger partial charge in [-0.05, 0) is 30.3 Å². The van der Waals surface area contributed by atoms with Gasteiger partial charge in [-0.2, -0.15) is 4.31 Å². The van der Waals surface area contributed by atoms with Crippen LogP contribution < -0.4 is 15.8 Å². The van der Waals surface area contributed by atoms with E-state index in [0.29, 0.717) is 30.1 Å². The molecule has 3 aromatic rings. The van der Waals surface area contributed by atoms with E-state index in [-0.39, 0.29) is 30.2 Å². The predicted molar refractivity (Wildman–Crippen MR) is 112 cm³/mol. The molecule has 2 aromatic carbocycles. The lowest BCUT2D eigenvalue weighted by Crippen LogP contribution is -2.40. The number of morpholine rings is 1. The molecule has 1 aliphatic rings. The zero-order valence-corrected chi connectivity index (χ0v) is 17.6. The molecule has 1 aromatic heterocycles. The van der Waals surface area contributed by atoms with Crippen LogP contribution >= 0.6 is 0 Å². The molecule has 1 saturated heterocycles. The molecule has 0 atom stereocenters. The lowest BCUT2D eigenvalue weighted by molar-refractivity contribution is -0.116. The van der Waals surface area contributed by atoms with Crippen molar-refractivity contribution in [2.24, 2.45) is 0 Å². The summed E-state index contributed by atoms with van der Waals surface area (Å²) in [7, 11) is -2.34. The Hall–Kier alpha value is -3.15. The average Bonchev–Trinajstić information content (AvgIpc) is 3.09. The quantitative estimate of drug-likeness (QED) is 0.604. The number of nitrogens with zero attached hydrogens (tertiary/aromatic N) is 2. The first-order valence-corrected chi connectivity index (χ1v) is 11.0. The molecule has 31 heavy (non-hydrogen) atoms. The third-order valence-corrected chi connectivity index (χ3v) is 6.82. The Labute approximate surface area is 178 Å². The number of anilines is 1. The van der Waals surface area contributed by atoms with Gasteiger partial charge in [0.2, 0.25) is 15.9 Å². The van der Waals surface area contributed by atoms with Crippen LogP contribution in [0.1, 0.15) is 0 Å². The van der Waals surface area contributed by atoms with Crippen LogP contribution in [0.15, 0.2) is 56.6 Å². The van der Waals surface area contributed by atoms with Crippen LogP contribution in [0.2, 0.25) is 0 Å². The maximum Gasteiger partial charge on any atom is 0.420 e. The van der Waals surface area contributed by atoms with E-state index in [2.05, 4.69) is 5.32 Å². The molecule has 164 valence electrons. The minimum atomic E-state index is -3.75. The maximum absolute atomic E-state index is 12.9. The first-order valence-electron chi connectivity index (χ1n) is 9.54. The fraction of sp³-hybridized carbons (Fsp3) is 0.300. The number of fused-ring (bicyclic) bond motifs is 1. The van der Waals surface area contributed by atoms with Gasteiger partial charge >= 0.3 is 5.76 Å². The van der Waals surface area contributed by atoms with Gasteiger partial charge in [-0.3, -0.25) is 9.36 Å². The third kappa shape index (κ3) is 4.20. The van der Waals surface area contributed by atoms with E-state index in [1.807, 2.05) is 0 Å². The smallest absolute Gasteiger partial charge is 0.420 e. The molecule has 2 heterocycles. The molecule has 0 spiro atoms. The summed E-state index contributed by atoms with van der Waals surface area (Å²) in [5.74, 6) is -0.904. The van der Waals surface area contributed by atoms with Crippen LogP contribution in [-0.2, 0) is 26.1 Å². The molecule has 10 nitrogen and oxygen atoms in total. The second-order valence-electron chi connectivity index (χ2n) is 6.85. The average molecular weight is 447 g/mol. The number of hydrogen-bond acceptors (Lipinski definition) is 7. The van der Waals surface area contributed by atoms with Gasteiger partial charge in [-0.25, -0.2) is 13.2 Å². The van der Waals surface area contributed by atoms with Gasteiger partial charge in [0.15, 0.2) is 5.58 Å². The Morgan fingerprint density at radius 1 is 1.16 bits per heavy atom. The highest BCUT2D eigenvalue weighted by Crippen LogP contribution is 2.29. The Bertz CT molecular complexity index is 1270. The van der Waals surface area contributed by atoms with Crippen molar-refractivity contribution in [1.29, 1.82) is 0 Å². The number of aromatic nitrogens is 1. The van der Waals surface area contributed by atoms with Crippen molar-refractivity contribution in [2.45, 2.75) is 11.4 Å². The van der Waals surface area contributed by atoms with Gasteiger partial charge in [-0.1, -0.05) is 12.1 Å². The molecule has 0 unspecified atom stereocenters. The van der Waals surface area contributed by atoms with Gasteiger partial charge in [-0.15, -0.1) is 0 Å². The Morgan fingerprint density at radius 3 is 2.65 bits per heavy atom. The second-order valence-corrected chi connectivity index (χ2v) is 8.79. The van der Waals surface area contributed by atoms with Crippen molar-refractivity contribution in [3.05, 3.63) is 53.0 Å². The van der Waals surface area contributed by atoms with Gasteiger partial charge in [0.05, 0.1) is 36.4 Å². The van der Waals surface area contributed by atoms with E-state index < -0.39 is 21.7 Å². The largest absolute Gasteiger partial charge is 0.495 e. The van der Waals surface area contributed by atoms with Crippen molar-refractivity contribution in [1.82, 2.24) is 8.87 Å². The number of oxazole rings is 1. The monoisotopic (exact) mass is 447 g/mol. The lowest BCUT2D eigenvalue weighted by Gasteiger charge is -2.26. The zero-order valence-electron chi connectivity index (χ0n) is 16.7. The summed E-state index contributed by atoms with van der Waals surface area (Å²) in [5.41, 5.74) is 1.04. The van der Waals surface area contributed by atoms with Crippen LogP contribution in [0, 0.1) is 0 Å². The molecule has 0 aliphatic carbocycles. The first-order chi connectivity index (χ1) is 14.9. The van der Waals surface area contributed by atoms with E-state index in [4.69, 9.17) is 13.9 Å². The molecule has 4 rings (SSSR count). The van der Waals surface area contributed by atoms with Crippen molar-refractivity contribution >= 4 is 32.7 Å². The lowest BCUT2D eigenvalue weighted by atomic mass is 10.3. The summed E-state index contributed by atoms with van der Waals surface area (Å²) in [4.78, 5) is 24.8. The molecular formula is C20H21N3O7S. The van der Waals surface area contributed by atoms with E-state index in [1.54, 1.807) is 24.3 Å². The fourth-order valence-corrected chi connectivity index (χ4v) is 4.81. The normalized spacial score (nSPS) is 15.1. The van der Waals surface area contributed by atoms with Crippen LogP contribution in [0.5, 0.6) is 5.75 Å². The number of carbonyl (C=O) groups excluding carboxylic acids is 1. The van der Waals surface area contributed by atoms with Gasteiger partial charge in [0.25, 0.3) is 0 Å². The highest BCUT2D eigenvalue weighted by Gasteiger charge is 2.27. The maximum atomic E-state index is 12.9. The summed E-state index contributed by atoms with van der Waals surface area (Å²) in [6.07, 6.45) is 0. The Morgan fingerprint density at radius 2 is 1.90 bits per heavy atom. The highest BCUT2D eigenvalue weighted by molar-refractivity contribution is 7.89. The molecule has 1 aliphatic heterocycles. The number of benzene rings is 2. The number of hydrogen-bond donors (Lipinski definition) is 1. The van der Waals surface area contributed by atoms with Crippen LogP contribution in [0.25, 0.3) is 11.1 Å². The van der Waals surface area contributed by atoms with Gasteiger partial charge < -0.3 is 19.2 Å². The number of para-hydroxylation sites is 2. The molecule has 1 fully saturated rings. The molecule has 0 saturated carbocycles. The summed E-state index contributed by atoms with van der Waals surface area (Å²) in [5, 5.41) is 2.63. The molecule has 11 heteroatoms. The summed E-state index contributed by atoms with van der Waals surface area (Å²) < 4.78 is 44.0.